The minimum absolute atomic E-state index is 0.123. The molecule has 0 aromatic carbocycles. The van der Waals surface area contributed by atoms with E-state index in [1.165, 1.54) is 57.8 Å². The van der Waals surface area contributed by atoms with Crippen LogP contribution in [0.15, 0.2) is 0 Å². The first-order valence-electron chi connectivity index (χ1n) is 11.6. The molecule has 2 aliphatic carbocycles. The van der Waals surface area contributed by atoms with E-state index in [1.807, 2.05) is 0 Å². The van der Waals surface area contributed by atoms with Crippen LogP contribution >= 0.6 is 0 Å². The topological polar surface area (TPSA) is 40.5 Å². The lowest BCUT2D eigenvalue weighted by molar-refractivity contribution is -0.0887. The molecule has 0 heterocycles. The van der Waals surface area contributed by atoms with Crippen LogP contribution in [-0.2, 0) is 0 Å². The molecule has 2 aliphatic rings. The molecule has 4 atom stereocenters. The van der Waals surface area contributed by atoms with E-state index in [4.69, 9.17) is 0 Å². The maximum atomic E-state index is 10.5. The molecule has 2 saturated carbocycles. The van der Waals surface area contributed by atoms with Gasteiger partial charge in [0.2, 0.25) is 0 Å². The fourth-order valence-corrected chi connectivity index (χ4v) is 6.81. The van der Waals surface area contributed by atoms with Gasteiger partial charge in [0, 0.05) is 0 Å². The summed E-state index contributed by atoms with van der Waals surface area (Å²) in [7, 11) is 0. The van der Waals surface area contributed by atoms with Gasteiger partial charge in [-0.25, -0.2) is 0 Å². The number of aliphatic hydroxyl groups is 2. The third-order valence-electron chi connectivity index (χ3n) is 8.49. The Kier molecular flexibility index (Phi) is 8.04. The van der Waals surface area contributed by atoms with Crippen molar-refractivity contribution in [3.8, 4) is 0 Å². The molecule has 2 nitrogen and oxygen atoms in total. The second-order valence-corrected chi connectivity index (χ2v) is 10.3. The first kappa shape index (κ1) is 22.2. The molecule has 0 amide bonds. The number of hydrogen-bond acceptors (Lipinski definition) is 2. The van der Waals surface area contributed by atoms with E-state index in [0.29, 0.717) is 29.1 Å². The van der Waals surface area contributed by atoms with Crippen molar-refractivity contribution >= 4 is 0 Å². The lowest BCUT2D eigenvalue weighted by Gasteiger charge is -2.54. The van der Waals surface area contributed by atoms with E-state index in [2.05, 4.69) is 41.5 Å². The van der Waals surface area contributed by atoms with E-state index in [9.17, 15) is 10.2 Å². The van der Waals surface area contributed by atoms with Crippen molar-refractivity contribution in [2.75, 3.05) is 0 Å². The first-order chi connectivity index (χ1) is 12.3. The summed E-state index contributed by atoms with van der Waals surface area (Å²) in [6.07, 6.45) is 11.1. The maximum absolute atomic E-state index is 10.5. The fraction of sp³-hybridized carbons (Fsp3) is 1.00. The van der Waals surface area contributed by atoms with Crippen molar-refractivity contribution in [1.82, 2.24) is 0 Å². The Bertz CT molecular complexity index is 366. The van der Waals surface area contributed by atoms with Gasteiger partial charge in [0.05, 0.1) is 12.2 Å². The van der Waals surface area contributed by atoms with Crippen LogP contribution in [0.4, 0.5) is 0 Å². The highest BCUT2D eigenvalue weighted by atomic mass is 16.3. The molecule has 2 heteroatoms. The molecule has 2 N–H and O–H groups in total. The Hall–Kier alpha value is -0.0800. The smallest absolute Gasteiger partial charge is 0.0591 e. The molecule has 0 radical (unpaired) electrons. The van der Waals surface area contributed by atoms with E-state index in [0.717, 1.165) is 11.8 Å². The van der Waals surface area contributed by atoms with Crippen molar-refractivity contribution in [2.24, 2.45) is 40.9 Å². The van der Waals surface area contributed by atoms with Gasteiger partial charge >= 0.3 is 0 Å². The number of hydrogen-bond donors (Lipinski definition) is 2. The van der Waals surface area contributed by atoms with E-state index < -0.39 is 0 Å². The Morgan fingerprint density at radius 3 is 1.38 bits per heavy atom. The Morgan fingerprint density at radius 2 is 1.08 bits per heavy atom. The van der Waals surface area contributed by atoms with Crippen LogP contribution in [-0.4, -0.2) is 22.4 Å². The summed E-state index contributed by atoms with van der Waals surface area (Å²) in [5.74, 6) is 3.15. The molecule has 4 unspecified atom stereocenters. The molecular weight excluding hydrogens is 320 g/mol. The predicted octanol–water partition coefficient (Wildman–Crippen LogP) is 6.05. The highest BCUT2D eigenvalue weighted by Crippen LogP contribution is 2.56. The molecule has 154 valence electrons. The average Bonchev–Trinajstić information content (AvgIpc) is 2.61. The van der Waals surface area contributed by atoms with Crippen molar-refractivity contribution in [3.05, 3.63) is 0 Å². The summed E-state index contributed by atoms with van der Waals surface area (Å²) in [4.78, 5) is 0. The highest BCUT2D eigenvalue weighted by Gasteiger charge is 2.49. The van der Waals surface area contributed by atoms with Crippen LogP contribution in [0.3, 0.4) is 0 Å². The van der Waals surface area contributed by atoms with E-state index in [1.54, 1.807) is 0 Å². The summed E-state index contributed by atoms with van der Waals surface area (Å²) >= 11 is 0. The van der Waals surface area contributed by atoms with E-state index in [-0.39, 0.29) is 12.2 Å². The number of rotatable bonds is 7. The van der Waals surface area contributed by atoms with Crippen molar-refractivity contribution < 1.29 is 10.2 Å². The van der Waals surface area contributed by atoms with Gasteiger partial charge in [0.1, 0.15) is 0 Å². The van der Waals surface area contributed by atoms with Gasteiger partial charge in [-0.1, -0.05) is 60.8 Å². The van der Waals surface area contributed by atoms with Gasteiger partial charge in [0.25, 0.3) is 0 Å². The zero-order valence-corrected chi connectivity index (χ0v) is 18.4. The third-order valence-corrected chi connectivity index (χ3v) is 8.49. The monoisotopic (exact) mass is 366 g/mol. The highest BCUT2D eigenvalue weighted by molar-refractivity contribution is 4.99. The fourth-order valence-electron chi connectivity index (χ4n) is 6.81. The van der Waals surface area contributed by atoms with Crippen LogP contribution < -0.4 is 0 Å². The van der Waals surface area contributed by atoms with Crippen LogP contribution in [0, 0.1) is 40.9 Å². The maximum Gasteiger partial charge on any atom is 0.0591 e. The average molecular weight is 367 g/mol. The minimum Gasteiger partial charge on any atom is -0.393 e. The second kappa shape index (κ2) is 9.41. The van der Waals surface area contributed by atoms with Crippen LogP contribution in [0.1, 0.15) is 99.3 Å². The number of unbranched alkanes of at least 4 members (excludes halogenated alkanes) is 2. The Balaban J connectivity index is 2.29. The van der Waals surface area contributed by atoms with Crippen molar-refractivity contribution in [2.45, 2.75) is 112 Å². The van der Waals surface area contributed by atoms with Crippen LogP contribution in [0.5, 0.6) is 0 Å². The summed E-state index contributed by atoms with van der Waals surface area (Å²) in [5, 5.41) is 21.0. The molecule has 0 aromatic heterocycles. The van der Waals surface area contributed by atoms with Crippen molar-refractivity contribution in [3.63, 3.8) is 0 Å². The van der Waals surface area contributed by atoms with Gasteiger partial charge in [-0.15, -0.1) is 0 Å². The molecular formula is C24H46O2. The van der Waals surface area contributed by atoms with Gasteiger partial charge in [-0.05, 0) is 79.4 Å². The zero-order chi connectivity index (χ0) is 19.5. The molecule has 0 spiro atoms. The third kappa shape index (κ3) is 4.49. The molecule has 0 bridgehead atoms. The molecule has 0 aromatic rings. The lowest BCUT2D eigenvalue weighted by atomic mass is 9.52. The largest absolute Gasteiger partial charge is 0.393 e. The quantitative estimate of drug-likeness (QED) is 0.538. The molecule has 2 fully saturated rings. The van der Waals surface area contributed by atoms with Crippen LogP contribution in [0.2, 0.25) is 0 Å². The van der Waals surface area contributed by atoms with Gasteiger partial charge in [-0.2, -0.15) is 0 Å². The standard InChI is InChI=1S/C24H46O2/c1-7-9-10-11-24(8-2,20-12-16(3)22(25)17(4)13-20)21-14-18(5)23(26)19(6)15-21/h16-23,25-26H,7-15H2,1-6H3. The summed E-state index contributed by atoms with van der Waals surface area (Å²) in [5.41, 5.74) is 0.403. The summed E-state index contributed by atoms with van der Waals surface area (Å²) in [6.45, 7) is 13.8. The second-order valence-electron chi connectivity index (χ2n) is 10.3. The summed E-state index contributed by atoms with van der Waals surface area (Å²) in [6, 6.07) is 0. The predicted molar refractivity (Wildman–Crippen MR) is 111 cm³/mol. The van der Waals surface area contributed by atoms with Crippen molar-refractivity contribution in [1.29, 1.82) is 0 Å². The Labute approximate surface area is 163 Å². The normalized spacial score (nSPS) is 43.8. The molecule has 0 saturated heterocycles. The van der Waals surface area contributed by atoms with Gasteiger partial charge in [0.15, 0.2) is 0 Å². The minimum atomic E-state index is -0.123. The molecule has 26 heavy (non-hydrogen) atoms. The zero-order valence-electron chi connectivity index (χ0n) is 18.4. The first-order valence-corrected chi connectivity index (χ1v) is 11.6. The SMILES string of the molecule is CCCCCC(CC)(C1CC(C)C(O)C(C)C1)C1CC(C)C(O)C(C)C1. The van der Waals surface area contributed by atoms with Gasteiger partial charge < -0.3 is 10.2 Å². The number of aliphatic hydroxyl groups excluding tert-OH is 2. The summed E-state index contributed by atoms with van der Waals surface area (Å²) < 4.78 is 0. The lowest BCUT2D eigenvalue weighted by Crippen LogP contribution is -2.48. The van der Waals surface area contributed by atoms with Crippen LogP contribution in [0.25, 0.3) is 0 Å². The van der Waals surface area contributed by atoms with E-state index >= 15 is 0 Å². The molecule has 0 aliphatic heterocycles. The molecule has 2 rings (SSSR count). The van der Waals surface area contributed by atoms with Gasteiger partial charge in [-0.3, -0.25) is 0 Å². The Morgan fingerprint density at radius 1 is 0.692 bits per heavy atom.